The molecule has 1 aliphatic rings. The lowest BCUT2D eigenvalue weighted by atomic mass is 9.90. The summed E-state index contributed by atoms with van der Waals surface area (Å²) in [5, 5.41) is 2.17. The Labute approximate surface area is 114 Å². The van der Waals surface area contributed by atoms with Crippen molar-refractivity contribution in [2.24, 2.45) is 4.99 Å². The molecule has 1 heterocycles. The molecule has 1 aliphatic heterocycles. The van der Waals surface area contributed by atoms with Crippen LogP contribution < -0.4 is 10.6 Å². The molecule has 1 aromatic rings. The van der Waals surface area contributed by atoms with E-state index < -0.39 is 5.54 Å². The van der Waals surface area contributed by atoms with Crippen LogP contribution in [0.4, 0.5) is 0 Å². The van der Waals surface area contributed by atoms with Gasteiger partial charge < -0.3 is 0 Å². The van der Waals surface area contributed by atoms with E-state index in [1.54, 1.807) is 0 Å². The van der Waals surface area contributed by atoms with E-state index >= 15 is 0 Å². The normalized spacial score (nSPS) is 17.8. The maximum atomic E-state index is 12.2. The molecule has 90 valence electrons. The van der Waals surface area contributed by atoms with Crippen molar-refractivity contribution in [3.63, 3.8) is 0 Å². The Hall–Kier alpha value is -0.670. The lowest BCUT2D eigenvalue weighted by Crippen LogP contribution is -2.46. The second kappa shape index (κ2) is 3.92. The van der Waals surface area contributed by atoms with Gasteiger partial charge in [-0.1, -0.05) is 11.6 Å². The fourth-order valence-corrected chi connectivity index (χ4v) is 2.96. The third-order valence-electron chi connectivity index (χ3n) is 3.05. The molecule has 0 saturated carbocycles. The minimum atomic E-state index is -0.695. The molecule has 0 fully saturated rings. The molecule has 0 amide bonds. The quantitative estimate of drug-likeness (QED) is 0.724. The van der Waals surface area contributed by atoms with Crippen LogP contribution in [0.25, 0.3) is 5.57 Å². The minimum Gasteiger partial charge on any atom is -0.292 e. The maximum absolute atomic E-state index is 12.2. The number of fused-ring (bicyclic) bond motifs is 1. The van der Waals surface area contributed by atoms with Crippen molar-refractivity contribution in [1.29, 1.82) is 0 Å². The molecule has 2 rings (SSSR count). The molecule has 17 heavy (non-hydrogen) atoms. The van der Waals surface area contributed by atoms with Crippen molar-refractivity contribution in [2.75, 3.05) is 0 Å². The first-order valence-electron chi connectivity index (χ1n) is 5.36. The number of hydrogen-bond acceptors (Lipinski definition) is 2. The average molecular weight is 315 g/mol. The monoisotopic (exact) mass is 313 g/mol. The lowest BCUT2D eigenvalue weighted by molar-refractivity contribution is -0.117. The number of carbonyl (C=O) groups excluding carboxylic acids is 1. The van der Waals surface area contributed by atoms with Gasteiger partial charge in [0.1, 0.15) is 5.54 Å². The molecule has 0 unspecified atom stereocenters. The first kappa shape index (κ1) is 12.8. The summed E-state index contributed by atoms with van der Waals surface area (Å²) >= 11 is 9.66. The number of hydrogen-bond donors (Lipinski definition) is 0. The zero-order chi connectivity index (χ0) is 13.0. The first-order chi connectivity index (χ1) is 7.75. The zero-order valence-corrected chi connectivity index (χ0v) is 12.5. The highest BCUT2D eigenvalue weighted by molar-refractivity contribution is 9.10. The van der Waals surface area contributed by atoms with Crippen molar-refractivity contribution in [3.05, 3.63) is 31.7 Å². The van der Waals surface area contributed by atoms with Gasteiger partial charge in [0.05, 0.1) is 10.4 Å². The maximum Gasteiger partial charge on any atom is 0.186 e. The van der Waals surface area contributed by atoms with Crippen molar-refractivity contribution in [3.8, 4) is 0 Å². The Morgan fingerprint density at radius 2 is 1.94 bits per heavy atom. The number of benzene rings is 1. The van der Waals surface area contributed by atoms with Crippen LogP contribution >= 0.6 is 27.5 Å². The van der Waals surface area contributed by atoms with Crippen molar-refractivity contribution < 1.29 is 4.79 Å². The van der Waals surface area contributed by atoms with E-state index in [4.69, 9.17) is 11.6 Å². The number of nitrogens with zero attached hydrogens (tertiary/aromatic N) is 1. The molecule has 0 saturated heterocycles. The predicted molar refractivity (Wildman–Crippen MR) is 72.8 cm³/mol. The fourth-order valence-electron chi connectivity index (χ4n) is 2.13. The van der Waals surface area contributed by atoms with Crippen molar-refractivity contribution in [1.82, 2.24) is 0 Å². The van der Waals surface area contributed by atoms with Gasteiger partial charge >= 0.3 is 0 Å². The van der Waals surface area contributed by atoms with Gasteiger partial charge in [-0.15, -0.1) is 0 Å². The van der Waals surface area contributed by atoms with Crippen LogP contribution in [0.1, 0.15) is 26.3 Å². The number of ketones is 1. The summed E-state index contributed by atoms with van der Waals surface area (Å²) in [6.45, 7) is 7.45. The molecule has 1 aromatic carbocycles. The van der Waals surface area contributed by atoms with Gasteiger partial charge in [0.15, 0.2) is 5.78 Å². The Morgan fingerprint density at radius 3 is 2.53 bits per heavy atom. The summed E-state index contributed by atoms with van der Waals surface area (Å²) in [6, 6.07) is 1.93. The largest absolute Gasteiger partial charge is 0.292 e. The Bertz CT molecular complexity index is 646. The van der Waals surface area contributed by atoms with E-state index in [9.17, 15) is 4.79 Å². The Kier molecular flexibility index (Phi) is 2.95. The minimum absolute atomic E-state index is 0.0319. The molecule has 0 aromatic heterocycles. The lowest BCUT2D eigenvalue weighted by Gasteiger charge is -2.23. The summed E-state index contributed by atoms with van der Waals surface area (Å²) in [6.07, 6.45) is 0. The van der Waals surface area contributed by atoms with Gasteiger partial charge in [0, 0.05) is 15.3 Å². The Morgan fingerprint density at radius 1 is 1.35 bits per heavy atom. The van der Waals surface area contributed by atoms with Crippen LogP contribution in [0.15, 0.2) is 15.5 Å². The number of carbonyl (C=O) groups is 1. The summed E-state index contributed by atoms with van der Waals surface area (Å²) < 4.78 is 0.803. The first-order valence-corrected chi connectivity index (χ1v) is 6.53. The molecule has 0 bridgehead atoms. The second-order valence-corrected chi connectivity index (χ2v) is 6.07. The average Bonchev–Trinajstić information content (AvgIpc) is 2.22. The van der Waals surface area contributed by atoms with Crippen LogP contribution in [0.2, 0.25) is 5.02 Å². The standard InChI is InChI=1S/C13H13BrClNO/c1-6-5-8(14)10(15)9-7(2)12(17)13(3,4)16-11(6)9/h5H,1-4H3. The molecular weight excluding hydrogens is 302 g/mol. The van der Waals surface area contributed by atoms with Crippen LogP contribution in [0.3, 0.4) is 0 Å². The highest BCUT2D eigenvalue weighted by atomic mass is 79.9. The molecular formula is C13H13BrClNO. The number of rotatable bonds is 0. The molecule has 0 spiro atoms. The molecule has 0 atom stereocenters. The van der Waals surface area contributed by atoms with Gasteiger partial charge in [-0.3, -0.25) is 9.79 Å². The molecule has 2 nitrogen and oxygen atoms in total. The molecule has 0 radical (unpaired) electrons. The third kappa shape index (κ3) is 1.85. The highest BCUT2D eigenvalue weighted by Gasteiger charge is 2.31. The van der Waals surface area contributed by atoms with E-state index in [1.807, 2.05) is 33.8 Å². The van der Waals surface area contributed by atoms with E-state index in [2.05, 4.69) is 20.9 Å². The summed E-state index contributed by atoms with van der Waals surface area (Å²) in [5.74, 6) is 0.0319. The molecule has 0 aliphatic carbocycles. The van der Waals surface area contributed by atoms with Gasteiger partial charge in [0.25, 0.3) is 0 Å². The van der Waals surface area contributed by atoms with Crippen LogP contribution in [-0.4, -0.2) is 11.3 Å². The molecule has 4 heteroatoms. The third-order valence-corrected chi connectivity index (χ3v) is 4.29. The SMILES string of the molecule is CC1=c2c(Cl)c(Br)cc(C)c2=NC(C)(C)C1=O. The van der Waals surface area contributed by atoms with Crippen molar-refractivity contribution in [2.45, 2.75) is 33.2 Å². The fraction of sp³-hybridized carbons (Fsp3) is 0.385. The summed E-state index contributed by atoms with van der Waals surface area (Å²) in [7, 11) is 0. The summed E-state index contributed by atoms with van der Waals surface area (Å²) in [5.41, 5.74) is 1.02. The van der Waals surface area contributed by atoms with E-state index in [0.717, 1.165) is 20.6 Å². The second-order valence-electron chi connectivity index (χ2n) is 4.84. The number of halogens is 2. The van der Waals surface area contributed by atoms with Gasteiger partial charge in [-0.05, 0) is 55.3 Å². The van der Waals surface area contributed by atoms with Crippen LogP contribution in [0.5, 0.6) is 0 Å². The van der Waals surface area contributed by atoms with E-state index in [0.29, 0.717) is 10.6 Å². The van der Waals surface area contributed by atoms with Gasteiger partial charge in [0.2, 0.25) is 0 Å². The van der Waals surface area contributed by atoms with Gasteiger partial charge in [-0.25, -0.2) is 0 Å². The molecule has 0 N–H and O–H groups in total. The van der Waals surface area contributed by atoms with Crippen LogP contribution in [0, 0.1) is 6.92 Å². The predicted octanol–water partition coefficient (Wildman–Crippen LogP) is 2.56. The topological polar surface area (TPSA) is 29.4 Å². The smallest absolute Gasteiger partial charge is 0.186 e. The number of aryl methyl sites for hydroxylation is 1. The number of Topliss-reactive ketones (excluding diaryl/α,β-unsaturated/α-hetero) is 1. The Balaban J connectivity index is 3.08. The van der Waals surface area contributed by atoms with E-state index in [1.165, 1.54) is 0 Å². The zero-order valence-electron chi connectivity index (χ0n) is 10.2. The van der Waals surface area contributed by atoms with Crippen molar-refractivity contribution >= 4 is 38.9 Å². The van der Waals surface area contributed by atoms with Gasteiger partial charge in [-0.2, -0.15) is 0 Å². The van der Waals surface area contributed by atoms with Crippen LogP contribution in [-0.2, 0) is 4.79 Å². The summed E-state index contributed by atoms with van der Waals surface area (Å²) in [4.78, 5) is 16.7. The van der Waals surface area contributed by atoms with E-state index in [-0.39, 0.29) is 5.78 Å². The highest BCUT2D eigenvalue weighted by Crippen LogP contribution is 2.23.